The Morgan fingerprint density at radius 1 is 1.44 bits per heavy atom. The number of carbonyl (C=O) groups is 2. The summed E-state index contributed by atoms with van der Waals surface area (Å²) in [5, 5.41) is 5.19. The molecule has 1 aromatic carbocycles. The topological polar surface area (TPSA) is 114 Å². The van der Waals surface area contributed by atoms with E-state index < -0.39 is 15.9 Å². The Labute approximate surface area is 146 Å². The Kier molecular flexibility index (Phi) is 5.98. The van der Waals surface area contributed by atoms with Crippen molar-refractivity contribution in [2.24, 2.45) is 0 Å². The van der Waals surface area contributed by atoms with E-state index in [4.69, 9.17) is 9.47 Å². The third-order valence-corrected chi connectivity index (χ3v) is 5.54. The van der Waals surface area contributed by atoms with E-state index in [0.29, 0.717) is 24.4 Å². The second-order valence-corrected chi connectivity index (χ2v) is 7.57. The summed E-state index contributed by atoms with van der Waals surface area (Å²) in [4.78, 5) is 23.2. The zero-order valence-electron chi connectivity index (χ0n) is 14.3. The fraction of sp³-hybridized carbons (Fsp3) is 0.467. The number of likely N-dealkylation sites (N-methyl/N-ethyl adjacent to an activating group) is 1. The van der Waals surface area contributed by atoms with Gasteiger partial charge in [0.1, 0.15) is 5.75 Å². The van der Waals surface area contributed by atoms with Gasteiger partial charge in [0, 0.05) is 26.8 Å². The number of anilines is 1. The van der Waals surface area contributed by atoms with Crippen molar-refractivity contribution < 1.29 is 27.5 Å². The summed E-state index contributed by atoms with van der Waals surface area (Å²) in [6.07, 6.45) is 0. The summed E-state index contributed by atoms with van der Waals surface area (Å²) < 4.78 is 36.5. The number of carbonyl (C=O) groups excluding carboxylic acids is 2. The van der Waals surface area contributed by atoms with Gasteiger partial charge in [-0.25, -0.2) is 8.42 Å². The third-order valence-electron chi connectivity index (χ3n) is 3.59. The first-order valence-corrected chi connectivity index (χ1v) is 8.99. The summed E-state index contributed by atoms with van der Waals surface area (Å²) >= 11 is 0. The van der Waals surface area contributed by atoms with Crippen LogP contribution in [0.5, 0.6) is 5.75 Å². The van der Waals surface area contributed by atoms with Crippen LogP contribution in [0, 0.1) is 6.92 Å². The van der Waals surface area contributed by atoms with Gasteiger partial charge in [-0.3, -0.25) is 9.59 Å². The van der Waals surface area contributed by atoms with Crippen LogP contribution in [0.2, 0.25) is 0 Å². The normalized spacial score (nSPS) is 13.8. The number of sulfonamides is 1. The molecule has 0 saturated heterocycles. The van der Waals surface area contributed by atoms with Gasteiger partial charge in [0.25, 0.3) is 5.91 Å². The second kappa shape index (κ2) is 7.81. The van der Waals surface area contributed by atoms with E-state index in [-0.39, 0.29) is 29.7 Å². The molecular weight excluding hydrogens is 350 g/mol. The predicted octanol–water partition coefficient (Wildman–Crippen LogP) is -0.291. The molecular formula is C15H21N3O6S. The molecule has 1 aromatic rings. The summed E-state index contributed by atoms with van der Waals surface area (Å²) in [5.74, 6) is -0.448. The lowest BCUT2D eigenvalue weighted by molar-refractivity contribution is -0.121. The molecule has 0 spiro atoms. The molecule has 0 bridgehead atoms. The minimum atomic E-state index is -3.89. The highest BCUT2D eigenvalue weighted by atomic mass is 32.2. The van der Waals surface area contributed by atoms with Crippen LogP contribution in [0.15, 0.2) is 17.0 Å². The first-order chi connectivity index (χ1) is 11.8. The van der Waals surface area contributed by atoms with Gasteiger partial charge in [-0.05, 0) is 18.6 Å². The van der Waals surface area contributed by atoms with E-state index in [9.17, 15) is 18.0 Å². The van der Waals surface area contributed by atoms with E-state index in [0.717, 1.165) is 4.31 Å². The second-order valence-electron chi connectivity index (χ2n) is 5.55. The largest absolute Gasteiger partial charge is 0.482 e. The van der Waals surface area contributed by atoms with Gasteiger partial charge in [0.05, 0.1) is 23.7 Å². The van der Waals surface area contributed by atoms with Crippen LogP contribution < -0.4 is 15.4 Å². The molecule has 0 aromatic heterocycles. The molecule has 1 aliphatic rings. The van der Waals surface area contributed by atoms with Gasteiger partial charge < -0.3 is 20.1 Å². The first kappa shape index (κ1) is 19.2. The minimum Gasteiger partial charge on any atom is -0.482 e. The number of benzene rings is 1. The molecule has 9 nitrogen and oxygen atoms in total. The lowest BCUT2D eigenvalue weighted by atomic mass is 10.2. The fourth-order valence-electron chi connectivity index (χ4n) is 2.30. The quantitative estimate of drug-likeness (QED) is 0.637. The number of hydrogen-bond acceptors (Lipinski definition) is 6. The molecule has 2 N–H and O–H groups in total. The number of fused-ring (bicyclic) bond motifs is 1. The monoisotopic (exact) mass is 371 g/mol. The maximum Gasteiger partial charge on any atom is 0.262 e. The Hall–Kier alpha value is -2.17. The van der Waals surface area contributed by atoms with Crippen molar-refractivity contribution in [3.8, 4) is 5.75 Å². The van der Waals surface area contributed by atoms with Crippen LogP contribution in [0.1, 0.15) is 5.56 Å². The number of nitrogens with zero attached hydrogens (tertiary/aromatic N) is 1. The molecule has 10 heteroatoms. The molecule has 138 valence electrons. The molecule has 0 atom stereocenters. The Balaban J connectivity index is 2.18. The highest BCUT2D eigenvalue weighted by molar-refractivity contribution is 7.89. The average Bonchev–Trinajstić information content (AvgIpc) is 2.54. The summed E-state index contributed by atoms with van der Waals surface area (Å²) in [6, 6.07) is 2.89. The van der Waals surface area contributed by atoms with E-state index in [1.165, 1.54) is 26.3 Å². The van der Waals surface area contributed by atoms with Crippen molar-refractivity contribution in [3.05, 3.63) is 17.7 Å². The number of rotatable bonds is 7. The van der Waals surface area contributed by atoms with Crippen molar-refractivity contribution in [3.63, 3.8) is 0 Å². The maximum atomic E-state index is 12.7. The molecule has 0 saturated carbocycles. The fourth-order valence-corrected chi connectivity index (χ4v) is 3.64. The number of nitrogens with one attached hydrogen (secondary N) is 2. The molecule has 25 heavy (non-hydrogen) atoms. The summed E-state index contributed by atoms with van der Waals surface area (Å²) in [6.45, 7) is 1.76. The minimum absolute atomic E-state index is 0.0228. The number of methoxy groups -OCH3 is 1. The van der Waals surface area contributed by atoms with Crippen LogP contribution >= 0.6 is 0 Å². The first-order valence-electron chi connectivity index (χ1n) is 7.55. The van der Waals surface area contributed by atoms with Crippen molar-refractivity contribution in [1.82, 2.24) is 9.62 Å². The molecule has 2 amide bonds. The zero-order chi connectivity index (χ0) is 18.6. The van der Waals surface area contributed by atoms with Gasteiger partial charge in [-0.2, -0.15) is 4.31 Å². The zero-order valence-corrected chi connectivity index (χ0v) is 15.1. The lowest BCUT2D eigenvalue weighted by Gasteiger charge is -2.22. The molecule has 0 fully saturated rings. The van der Waals surface area contributed by atoms with E-state index >= 15 is 0 Å². The van der Waals surface area contributed by atoms with Gasteiger partial charge in [-0.1, -0.05) is 0 Å². The predicted molar refractivity (Wildman–Crippen MR) is 90.0 cm³/mol. The number of aryl methyl sites for hydroxylation is 1. The van der Waals surface area contributed by atoms with Crippen molar-refractivity contribution in [2.75, 3.05) is 45.8 Å². The van der Waals surface area contributed by atoms with E-state index in [1.807, 2.05) is 0 Å². The average molecular weight is 371 g/mol. The van der Waals surface area contributed by atoms with Gasteiger partial charge in [0.2, 0.25) is 15.9 Å². The molecule has 0 aliphatic carbocycles. The maximum absolute atomic E-state index is 12.7. The highest BCUT2D eigenvalue weighted by Crippen LogP contribution is 2.33. The van der Waals surface area contributed by atoms with Gasteiger partial charge >= 0.3 is 0 Å². The van der Waals surface area contributed by atoms with Crippen LogP contribution in [-0.4, -0.2) is 65.0 Å². The van der Waals surface area contributed by atoms with E-state index in [1.54, 1.807) is 6.92 Å². The summed E-state index contributed by atoms with van der Waals surface area (Å²) in [7, 11) is -1.06. The number of ether oxygens (including phenoxy) is 2. The molecule has 0 radical (unpaired) electrons. The Morgan fingerprint density at radius 3 is 2.84 bits per heavy atom. The highest BCUT2D eigenvalue weighted by Gasteiger charge is 2.27. The van der Waals surface area contributed by atoms with Crippen molar-refractivity contribution in [1.29, 1.82) is 0 Å². The molecule has 1 heterocycles. The van der Waals surface area contributed by atoms with Gasteiger partial charge in [-0.15, -0.1) is 0 Å². The van der Waals surface area contributed by atoms with Crippen LogP contribution in [0.3, 0.4) is 0 Å². The number of amides is 2. The Bertz CT molecular complexity index is 778. The summed E-state index contributed by atoms with van der Waals surface area (Å²) in [5.41, 5.74) is 0.865. The number of hydrogen-bond donors (Lipinski definition) is 2. The molecule has 1 aliphatic heterocycles. The smallest absolute Gasteiger partial charge is 0.262 e. The Morgan fingerprint density at radius 2 is 2.16 bits per heavy atom. The van der Waals surface area contributed by atoms with Gasteiger partial charge in [0.15, 0.2) is 6.61 Å². The van der Waals surface area contributed by atoms with Crippen LogP contribution in [0.25, 0.3) is 0 Å². The van der Waals surface area contributed by atoms with E-state index in [2.05, 4.69) is 10.6 Å². The molecule has 2 rings (SSSR count). The molecule has 0 unspecified atom stereocenters. The lowest BCUT2D eigenvalue weighted by Crippen LogP contribution is -2.39. The van der Waals surface area contributed by atoms with Crippen molar-refractivity contribution >= 4 is 27.5 Å². The SMILES string of the molecule is COCCNC(=O)CN(C)S(=O)(=O)c1cc2c(cc1C)NC(=O)CO2. The third kappa shape index (κ3) is 4.47. The van der Waals surface area contributed by atoms with Crippen LogP contribution in [-0.2, 0) is 24.3 Å². The standard InChI is InChI=1S/C15H21N3O6S/c1-10-6-11-12(24-9-15(20)17-11)7-13(10)25(21,22)18(2)8-14(19)16-4-5-23-3/h6-7H,4-5,8-9H2,1-3H3,(H,16,19)(H,17,20). The van der Waals surface area contributed by atoms with Crippen LogP contribution in [0.4, 0.5) is 5.69 Å². The van der Waals surface area contributed by atoms with Crippen molar-refractivity contribution in [2.45, 2.75) is 11.8 Å².